The summed E-state index contributed by atoms with van der Waals surface area (Å²) in [6, 6.07) is 14.5. The van der Waals surface area contributed by atoms with E-state index in [-0.39, 0.29) is 6.61 Å². The van der Waals surface area contributed by atoms with Crippen molar-refractivity contribution in [3.63, 3.8) is 0 Å². The van der Waals surface area contributed by atoms with Gasteiger partial charge in [-0.15, -0.1) is 0 Å². The third kappa shape index (κ3) is 1.92. The van der Waals surface area contributed by atoms with Crippen molar-refractivity contribution < 1.29 is 5.11 Å². The summed E-state index contributed by atoms with van der Waals surface area (Å²) in [7, 11) is 0. The zero-order valence-corrected chi connectivity index (χ0v) is 10.1. The molecule has 2 aromatic rings. The first-order valence-corrected chi connectivity index (χ1v) is 6.47. The van der Waals surface area contributed by atoms with Gasteiger partial charge in [-0.3, -0.25) is 0 Å². The highest BCUT2D eigenvalue weighted by atomic mass is 32.2. The Bertz CT molecular complexity index is 554. The molecule has 0 aromatic heterocycles. The maximum Gasteiger partial charge on any atom is 0.0559 e. The van der Waals surface area contributed by atoms with E-state index in [1.165, 1.54) is 15.4 Å². The van der Waals surface area contributed by atoms with E-state index in [0.717, 1.165) is 11.4 Å². The largest absolute Gasteiger partial charge is 0.396 e. The normalized spacial score (nSPS) is 12.5. The number of fused-ring (bicyclic) bond motifs is 2. The molecule has 1 heterocycles. The number of benzene rings is 2. The Morgan fingerprint density at radius 1 is 1.00 bits per heavy atom. The predicted molar refractivity (Wildman–Crippen MR) is 71.1 cm³/mol. The van der Waals surface area contributed by atoms with Crippen molar-refractivity contribution in [1.82, 2.24) is 0 Å². The Hall–Kier alpha value is -1.45. The Kier molecular flexibility index (Phi) is 2.79. The van der Waals surface area contributed by atoms with Crippen LogP contribution in [0.2, 0.25) is 0 Å². The molecule has 0 amide bonds. The van der Waals surface area contributed by atoms with Crippen molar-refractivity contribution in [2.24, 2.45) is 0 Å². The molecule has 86 valence electrons. The van der Waals surface area contributed by atoms with Crippen LogP contribution in [0, 0.1) is 0 Å². The van der Waals surface area contributed by atoms with Gasteiger partial charge in [0, 0.05) is 16.4 Å². The molecule has 0 spiro atoms. The van der Waals surface area contributed by atoms with Crippen LogP contribution in [-0.2, 0) is 6.42 Å². The average Bonchev–Trinajstić information content (AvgIpc) is 2.37. The van der Waals surface area contributed by atoms with Gasteiger partial charge in [0.2, 0.25) is 0 Å². The van der Waals surface area contributed by atoms with E-state index in [2.05, 4.69) is 35.6 Å². The minimum Gasteiger partial charge on any atom is -0.396 e. The second-order valence-electron chi connectivity index (χ2n) is 3.99. The molecule has 0 bridgehead atoms. The first kappa shape index (κ1) is 10.7. The van der Waals surface area contributed by atoms with Gasteiger partial charge in [-0.2, -0.15) is 0 Å². The van der Waals surface area contributed by atoms with Crippen LogP contribution in [0.4, 0.5) is 11.4 Å². The number of rotatable bonds is 2. The van der Waals surface area contributed by atoms with Crippen molar-refractivity contribution in [1.29, 1.82) is 0 Å². The third-order valence-electron chi connectivity index (χ3n) is 2.86. The Balaban J connectivity index is 2.05. The predicted octanol–water partition coefficient (Wildman–Crippen LogP) is 3.43. The summed E-state index contributed by atoms with van der Waals surface area (Å²) in [5.74, 6) is 0. The first-order chi connectivity index (χ1) is 8.38. The van der Waals surface area contributed by atoms with Gasteiger partial charge in [-0.25, -0.2) is 0 Å². The van der Waals surface area contributed by atoms with Gasteiger partial charge in [-0.05, 0) is 30.2 Å². The number of para-hydroxylation sites is 2. The molecule has 17 heavy (non-hydrogen) atoms. The van der Waals surface area contributed by atoms with Gasteiger partial charge in [-0.1, -0.05) is 36.0 Å². The third-order valence-corrected chi connectivity index (χ3v) is 4.00. The molecular weight excluding hydrogens is 230 g/mol. The SMILES string of the molecule is OCCc1cccc2c1Nc1ccccc1S2. The summed E-state index contributed by atoms with van der Waals surface area (Å²) in [5.41, 5.74) is 3.47. The molecular formula is C14H13NOS. The fraction of sp³-hybridized carbons (Fsp3) is 0.143. The monoisotopic (exact) mass is 243 g/mol. The van der Waals surface area contributed by atoms with Gasteiger partial charge in [0.05, 0.1) is 11.4 Å². The summed E-state index contributed by atoms with van der Waals surface area (Å²) in [5, 5.41) is 12.5. The summed E-state index contributed by atoms with van der Waals surface area (Å²) in [4.78, 5) is 2.48. The summed E-state index contributed by atoms with van der Waals surface area (Å²) >= 11 is 1.78. The van der Waals surface area contributed by atoms with E-state index in [9.17, 15) is 0 Å². The highest BCUT2D eigenvalue weighted by molar-refractivity contribution is 7.99. The molecule has 1 aliphatic rings. The average molecular weight is 243 g/mol. The quantitative estimate of drug-likeness (QED) is 0.723. The molecule has 0 radical (unpaired) electrons. The number of hydrogen-bond donors (Lipinski definition) is 2. The van der Waals surface area contributed by atoms with Gasteiger partial charge in [0.15, 0.2) is 0 Å². The van der Waals surface area contributed by atoms with Crippen molar-refractivity contribution in [2.75, 3.05) is 11.9 Å². The minimum absolute atomic E-state index is 0.185. The highest BCUT2D eigenvalue weighted by Crippen LogP contribution is 2.45. The smallest absolute Gasteiger partial charge is 0.0559 e. The van der Waals surface area contributed by atoms with E-state index in [4.69, 9.17) is 5.11 Å². The molecule has 0 unspecified atom stereocenters. The van der Waals surface area contributed by atoms with Crippen LogP contribution in [0.5, 0.6) is 0 Å². The van der Waals surface area contributed by atoms with Crippen molar-refractivity contribution in [3.05, 3.63) is 48.0 Å². The zero-order valence-electron chi connectivity index (χ0n) is 9.31. The lowest BCUT2D eigenvalue weighted by atomic mass is 10.1. The lowest BCUT2D eigenvalue weighted by molar-refractivity contribution is 0.300. The van der Waals surface area contributed by atoms with Crippen molar-refractivity contribution in [2.45, 2.75) is 16.2 Å². The second-order valence-corrected chi connectivity index (χ2v) is 5.07. The molecule has 3 rings (SSSR count). The lowest BCUT2D eigenvalue weighted by Gasteiger charge is -2.23. The lowest BCUT2D eigenvalue weighted by Crippen LogP contribution is -2.04. The molecule has 0 atom stereocenters. The molecule has 2 nitrogen and oxygen atoms in total. The van der Waals surface area contributed by atoms with E-state index in [0.29, 0.717) is 6.42 Å². The molecule has 0 saturated carbocycles. The fourth-order valence-corrected chi connectivity index (χ4v) is 3.09. The summed E-state index contributed by atoms with van der Waals surface area (Å²) in [6.45, 7) is 0.185. The number of aliphatic hydroxyl groups excluding tert-OH is 1. The maximum atomic E-state index is 9.08. The molecule has 0 fully saturated rings. The molecule has 0 saturated heterocycles. The maximum absolute atomic E-state index is 9.08. The van der Waals surface area contributed by atoms with E-state index in [1.807, 2.05) is 12.1 Å². The van der Waals surface area contributed by atoms with Crippen LogP contribution in [0.1, 0.15) is 5.56 Å². The Morgan fingerprint density at radius 2 is 1.82 bits per heavy atom. The summed E-state index contributed by atoms with van der Waals surface area (Å²) < 4.78 is 0. The Morgan fingerprint density at radius 3 is 2.71 bits per heavy atom. The van der Waals surface area contributed by atoms with Crippen LogP contribution in [0.3, 0.4) is 0 Å². The minimum atomic E-state index is 0.185. The zero-order chi connectivity index (χ0) is 11.7. The highest BCUT2D eigenvalue weighted by Gasteiger charge is 2.17. The van der Waals surface area contributed by atoms with E-state index in [1.54, 1.807) is 11.8 Å². The van der Waals surface area contributed by atoms with Gasteiger partial charge in [0.1, 0.15) is 0 Å². The number of anilines is 2. The van der Waals surface area contributed by atoms with Crippen LogP contribution in [-0.4, -0.2) is 11.7 Å². The van der Waals surface area contributed by atoms with E-state index >= 15 is 0 Å². The molecule has 0 aliphatic carbocycles. The first-order valence-electron chi connectivity index (χ1n) is 5.65. The molecule has 2 N–H and O–H groups in total. The number of aliphatic hydroxyl groups is 1. The van der Waals surface area contributed by atoms with Crippen molar-refractivity contribution >= 4 is 23.1 Å². The Labute approximate surface area is 105 Å². The molecule has 1 aliphatic heterocycles. The van der Waals surface area contributed by atoms with Crippen molar-refractivity contribution in [3.8, 4) is 0 Å². The van der Waals surface area contributed by atoms with Gasteiger partial charge >= 0.3 is 0 Å². The summed E-state index contributed by atoms with van der Waals surface area (Å²) in [6.07, 6.45) is 0.693. The topological polar surface area (TPSA) is 32.3 Å². The van der Waals surface area contributed by atoms with Crippen LogP contribution >= 0.6 is 11.8 Å². The fourth-order valence-electron chi connectivity index (χ4n) is 2.04. The van der Waals surface area contributed by atoms with Crippen LogP contribution in [0.15, 0.2) is 52.3 Å². The van der Waals surface area contributed by atoms with Crippen LogP contribution < -0.4 is 5.32 Å². The number of hydrogen-bond acceptors (Lipinski definition) is 3. The molecule has 3 heteroatoms. The van der Waals surface area contributed by atoms with Gasteiger partial charge in [0.25, 0.3) is 0 Å². The van der Waals surface area contributed by atoms with E-state index < -0.39 is 0 Å². The molecule has 2 aromatic carbocycles. The number of nitrogens with one attached hydrogen (secondary N) is 1. The van der Waals surface area contributed by atoms with Crippen LogP contribution in [0.25, 0.3) is 0 Å². The van der Waals surface area contributed by atoms with Gasteiger partial charge < -0.3 is 10.4 Å². The second kappa shape index (κ2) is 4.43. The standard InChI is InChI=1S/C14H13NOS/c16-9-8-10-4-3-7-13-14(10)15-11-5-1-2-6-12(11)17-13/h1-7,15-16H,8-9H2.